The molecular formula is C19H18F3N5. The maximum absolute atomic E-state index is 12.8. The minimum absolute atomic E-state index is 0.127. The van der Waals surface area contributed by atoms with Gasteiger partial charge in [-0.1, -0.05) is 36.4 Å². The van der Waals surface area contributed by atoms with Crippen molar-refractivity contribution in [3.8, 4) is 0 Å². The van der Waals surface area contributed by atoms with Crippen LogP contribution in [0.1, 0.15) is 17.5 Å². The number of hydrogen-bond donors (Lipinski definition) is 2. The van der Waals surface area contributed by atoms with Gasteiger partial charge in [-0.3, -0.25) is 0 Å². The highest BCUT2D eigenvalue weighted by molar-refractivity contribution is 5.55. The van der Waals surface area contributed by atoms with Gasteiger partial charge in [0.2, 0.25) is 5.95 Å². The maximum Gasteiger partial charge on any atom is 0.416 e. The van der Waals surface area contributed by atoms with E-state index in [2.05, 4.69) is 37.9 Å². The number of halogens is 3. The molecule has 2 aromatic carbocycles. The second-order valence-electron chi connectivity index (χ2n) is 5.88. The van der Waals surface area contributed by atoms with E-state index in [-0.39, 0.29) is 11.6 Å². The van der Waals surface area contributed by atoms with Crippen LogP contribution in [0.3, 0.4) is 0 Å². The third kappa shape index (κ3) is 5.67. The van der Waals surface area contributed by atoms with Crippen LogP contribution in [0.5, 0.6) is 0 Å². The Morgan fingerprint density at radius 2 is 1.78 bits per heavy atom. The zero-order valence-electron chi connectivity index (χ0n) is 14.4. The van der Waals surface area contributed by atoms with E-state index in [0.29, 0.717) is 12.4 Å². The molecule has 5 nitrogen and oxygen atoms in total. The Labute approximate surface area is 154 Å². The molecule has 27 heavy (non-hydrogen) atoms. The van der Waals surface area contributed by atoms with Crippen LogP contribution in [0.15, 0.2) is 60.8 Å². The fourth-order valence-electron chi connectivity index (χ4n) is 2.50. The van der Waals surface area contributed by atoms with Crippen LogP contribution in [-0.2, 0) is 12.6 Å². The van der Waals surface area contributed by atoms with Crippen molar-refractivity contribution >= 4 is 17.5 Å². The molecular weight excluding hydrogens is 355 g/mol. The Bertz CT molecular complexity index is 868. The van der Waals surface area contributed by atoms with E-state index in [0.717, 1.165) is 25.0 Å². The molecule has 0 saturated heterocycles. The minimum Gasteiger partial charge on any atom is -0.369 e. The molecule has 0 atom stereocenters. The van der Waals surface area contributed by atoms with Crippen LogP contribution >= 0.6 is 0 Å². The van der Waals surface area contributed by atoms with E-state index < -0.39 is 11.7 Å². The molecule has 3 rings (SSSR count). The van der Waals surface area contributed by atoms with Crippen LogP contribution < -0.4 is 10.6 Å². The Morgan fingerprint density at radius 1 is 0.963 bits per heavy atom. The lowest BCUT2D eigenvalue weighted by Gasteiger charge is -2.10. The molecule has 8 heteroatoms. The first kappa shape index (κ1) is 18.6. The van der Waals surface area contributed by atoms with Crippen LogP contribution in [0.4, 0.5) is 30.6 Å². The minimum atomic E-state index is -4.40. The molecule has 2 N–H and O–H groups in total. The second kappa shape index (κ2) is 8.48. The summed E-state index contributed by atoms with van der Waals surface area (Å²) in [4.78, 5) is 4.23. The van der Waals surface area contributed by atoms with Crippen molar-refractivity contribution in [1.29, 1.82) is 0 Å². The zero-order valence-corrected chi connectivity index (χ0v) is 14.4. The van der Waals surface area contributed by atoms with Crippen molar-refractivity contribution in [2.75, 3.05) is 17.2 Å². The Balaban J connectivity index is 1.56. The maximum atomic E-state index is 12.8. The molecule has 1 aromatic heterocycles. The first-order valence-electron chi connectivity index (χ1n) is 8.42. The summed E-state index contributed by atoms with van der Waals surface area (Å²) in [7, 11) is 0. The number of aryl methyl sites for hydroxylation is 1. The molecule has 0 radical (unpaired) electrons. The molecule has 3 aromatic rings. The van der Waals surface area contributed by atoms with Crippen molar-refractivity contribution in [2.24, 2.45) is 0 Å². The Morgan fingerprint density at radius 3 is 2.56 bits per heavy atom. The third-order valence-corrected chi connectivity index (χ3v) is 3.80. The first-order chi connectivity index (χ1) is 13.0. The molecule has 0 aliphatic rings. The van der Waals surface area contributed by atoms with Gasteiger partial charge in [-0.05, 0) is 36.6 Å². The molecule has 0 bridgehead atoms. The van der Waals surface area contributed by atoms with Gasteiger partial charge < -0.3 is 10.6 Å². The van der Waals surface area contributed by atoms with Crippen molar-refractivity contribution < 1.29 is 13.2 Å². The first-order valence-corrected chi connectivity index (χ1v) is 8.42. The molecule has 0 amide bonds. The third-order valence-electron chi connectivity index (χ3n) is 3.80. The van der Waals surface area contributed by atoms with Gasteiger partial charge >= 0.3 is 6.18 Å². The van der Waals surface area contributed by atoms with Crippen molar-refractivity contribution in [3.63, 3.8) is 0 Å². The molecule has 0 unspecified atom stereocenters. The molecule has 140 valence electrons. The Kier molecular flexibility index (Phi) is 5.85. The summed E-state index contributed by atoms with van der Waals surface area (Å²) < 4.78 is 38.4. The summed E-state index contributed by atoms with van der Waals surface area (Å²) in [6.45, 7) is 0.691. The molecule has 0 fully saturated rings. The number of anilines is 3. The van der Waals surface area contributed by atoms with E-state index >= 15 is 0 Å². The van der Waals surface area contributed by atoms with Gasteiger partial charge in [0.25, 0.3) is 0 Å². The number of alkyl halides is 3. The fourth-order valence-corrected chi connectivity index (χ4v) is 2.50. The highest BCUT2D eigenvalue weighted by atomic mass is 19.4. The van der Waals surface area contributed by atoms with E-state index in [1.54, 1.807) is 0 Å². The van der Waals surface area contributed by atoms with Gasteiger partial charge in [0, 0.05) is 12.2 Å². The number of hydrogen-bond acceptors (Lipinski definition) is 5. The number of benzene rings is 2. The van der Waals surface area contributed by atoms with E-state index in [9.17, 15) is 13.2 Å². The van der Waals surface area contributed by atoms with Gasteiger partial charge in [-0.2, -0.15) is 23.3 Å². The molecule has 1 heterocycles. The van der Waals surface area contributed by atoms with E-state index in [4.69, 9.17) is 0 Å². The average molecular weight is 373 g/mol. The predicted octanol–water partition coefficient (Wildman–Crippen LogP) is 4.68. The monoisotopic (exact) mass is 373 g/mol. The lowest BCUT2D eigenvalue weighted by Crippen LogP contribution is -2.08. The van der Waals surface area contributed by atoms with Gasteiger partial charge in [0.1, 0.15) is 0 Å². The van der Waals surface area contributed by atoms with Crippen LogP contribution in [0, 0.1) is 0 Å². The quantitative estimate of drug-likeness (QED) is 0.589. The topological polar surface area (TPSA) is 62.7 Å². The standard InChI is InChI=1S/C19H18F3N5/c20-19(21,22)15-9-4-10-16(12-15)25-18-26-17(13-24-27-18)23-11-5-8-14-6-2-1-3-7-14/h1-4,6-7,9-10,12-13H,5,8,11H2,(H2,23,25,26,27). The van der Waals surface area contributed by atoms with Gasteiger partial charge in [-0.25, -0.2) is 0 Å². The zero-order chi connectivity index (χ0) is 19.1. The SMILES string of the molecule is FC(F)(F)c1cccc(Nc2nncc(NCCCc3ccccc3)n2)c1. The number of rotatable bonds is 7. The van der Waals surface area contributed by atoms with Crippen molar-refractivity contribution in [1.82, 2.24) is 15.2 Å². The van der Waals surface area contributed by atoms with Gasteiger partial charge in [0.15, 0.2) is 5.82 Å². The summed E-state index contributed by atoms with van der Waals surface area (Å²) in [6.07, 6.45) is -1.09. The lowest BCUT2D eigenvalue weighted by molar-refractivity contribution is -0.137. The molecule has 0 aliphatic heterocycles. The number of aromatic nitrogens is 3. The van der Waals surface area contributed by atoms with Crippen molar-refractivity contribution in [2.45, 2.75) is 19.0 Å². The number of nitrogens with zero attached hydrogens (tertiary/aromatic N) is 3. The summed E-state index contributed by atoms with van der Waals surface area (Å²) in [5.74, 6) is 0.634. The average Bonchev–Trinajstić information content (AvgIpc) is 2.66. The summed E-state index contributed by atoms with van der Waals surface area (Å²) in [6, 6.07) is 15.0. The van der Waals surface area contributed by atoms with E-state index in [1.165, 1.54) is 23.9 Å². The smallest absolute Gasteiger partial charge is 0.369 e. The normalized spacial score (nSPS) is 11.2. The fraction of sp³-hybridized carbons (Fsp3) is 0.211. The van der Waals surface area contributed by atoms with E-state index in [1.807, 2.05) is 18.2 Å². The predicted molar refractivity (Wildman–Crippen MR) is 97.8 cm³/mol. The van der Waals surface area contributed by atoms with Crippen LogP contribution in [-0.4, -0.2) is 21.7 Å². The summed E-state index contributed by atoms with van der Waals surface area (Å²) in [5, 5.41) is 13.5. The van der Waals surface area contributed by atoms with Crippen molar-refractivity contribution in [3.05, 3.63) is 71.9 Å². The highest BCUT2D eigenvalue weighted by Crippen LogP contribution is 2.31. The lowest BCUT2D eigenvalue weighted by atomic mass is 10.1. The van der Waals surface area contributed by atoms with Gasteiger partial charge in [0.05, 0.1) is 11.8 Å². The highest BCUT2D eigenvalue weighted by Gasteiger charge is 2.30. The van der Waals surface area contributed by atoms with Gasteiger partial charge in [-0.15, -0.1) is 5.10 Å². The molecule has 0 saturated carbocycles. The number of nitrogens with one attached hydrogen (secondary N) is 2. The second-order valence-corrected chi connectivity index (χ2v) is 5.88. The van der Waals surface area contributed by atoms with Crippen LogP contribution in [0.2, 0.25) is 0 Å². The largest absolute Gasteiger partial charge is 0.416 e. The summed E-state index contributed by atoms with van der Waals surface area (Å²) >= 11 is 0. The Hall–Kier alpha value is -3.16. The van der Waals surface area contributed by atoms with Crippen LogP contribution in [0.25, 0.3) is 0 Å². The molecule has 0 aliphatic carbocycles. The summed E-state index contributed by atoms with van der Waals surface area (Å²) in [5.41, 5.74) is 0.760. The molecule has 0 spiro atoms.